The molecule has 5 nitrogen and oxygen atoms in total. The number of rotatable bonds is 3. The second kappa shape index (κ2) is 5.65. The van der Waals surface area contributed by atoms with E-state index in [0.29, 0.717) is 25.5 Å². The van der Waals surface area contributed by atoms with Crippen molar-refractivity contribution in [2.24, 2.45) is 0 Å². The third-order valence-corrected chi connectivity index (χ3v) is 2.65. The van der Waals surface area contributed by atoms with Gasteiger partial charge in [0, 0.05) is 12.6 Å². The van der Waals surface area contributed by atoms with Gasteiger partial charge < -0.3 is 19.2 Å². The molecule has 1 aliphatic rings. The van der Waals surface area contributed by atoms with E-state index in [2.05, 4.69) is 0 Å². The number of carbonyl (C=O) groups is 1. The molecule has 0 aromatic carbocycles. The lowest BCUT2D eigenvalue weighted by atomic mass is 10.2. The van der Waals surface area contributed by atoms with E-state index in [0.717, 1.165) is 0 Å². The number of furan rings is 1. The van der Waals surface area contributed by atoms with Crippen LogP contribution in [0.5, 0.6) is 0 Å². The van der Waals surface area contributed by atoms with Gasteiger partial charge in [0.05, 0.1) is 32.1 Å². The summed E-state index contributed by atoms with van der Waals surface area (Å²) in [5.74, 6) is 0.496. The molecule has 0 spiro atoms. The van der Waals surface area contributed by atoms with Gasteiger partial charge in [0.2, 0.25) is 5.91 Å². The highest BCUT2D eigenvalue weighted by Gasteiger charge is 2.25. The second-order valence-corrected chi connectivity index (χ2v) is 3.79. The van der Waals surface area contributed by atoms with Crippen molar-refractivity contribution in [2.75, 3.05) is 26.4 Å². The first-order valence-corrected chi connectivity index (χ1v) is 5.52. The van der Waals surface area contributed by atoms with Crippen LogP contribution < -0.4 is 0 Å². The molecule has 1 amide bonds. The average Bonchev–Trinajstić information content (AvgIpc) is 2.89. The fraction of sp³-hybridized carbons (Fsp3) is 0.417. The molecule has 17 heavy (non-hydrogen) atoms. The lowest BCUT2D eigenvalue weighted by molar-refractivity contribution is -0.136. The van der Waals surface area contributed by atoms with Gasteiger partial charge in [-0.25, -0.2) is 0 Å². The molecule has 2 heterocycles. The maximum Gasteiger partial charge on any atom is 0.247 e. The van der Waals surface area contributed by atoms with E-state index in [1.807, 2.05) is 0 Å². The highest BCUT2D eigenvalue weighted by Crippen LogP contribution is 2.09. The minimum absolute atomic E-state index is 0.0830. The zero-order valence-corrected chi connectivity index (χ0v) is 9.41. The first kappa shape index (κ1) is 11.9. The Bertz CT molecular complexity index is 385. The topological polar surface area (TPSA) is 62.9 Å². The summed E-state index contributed by atoms with van der Waals surface area (Å²) in [6, 6.07) is 3.28. The normalized spacial score (nSPS) is 21.0. The van der Waals surface area contributed by atoms with Gasteiger partial charge in [0.25, 0.3) is 0 Å². The standard InChI is InChI=1S/C12H15NO4/c14-8-10-9-16-7-5-13(10)12(15)4-3-11-2-1-6-17-11/h1-4,6,10,14H,5,7-9H2/b4-3+. The predicted octanol–water partition coefficient (Wildman–Crippen LogP) is 0.513. The molecule has 1 atom stereocenters. The number of nitrogens with zero attached hydrogens (tertiary/aromatic N) is 1. The fourth-order valence-electron chi connectivity index (χ4n) is 1.73. The van der Waals surface area contributed by atoms with Gasteiger partial charge in [-0.15, -0.1) is 0 Å². The van der Waals surface area contributed by atoms with Gasteiger partial charge in [-0.3, -0.25) is 4.79 Å². The van der Waals surface area contributed by atoms with E-state index in [1.165, 1.54) is 6.08 Å². The molecule has 1 unspecified atom stereocenters. The first-order chi connectivity index (χ1) is 8.31. The molecule has 1 N–H and O–H groups in total. The van der Waals surface area contributed by atoms with Crippen molar-refractivity contribution in [3.05, 3.63) is 30.2 Å². The molecular weight excluding hydrogens is 222 g/mol. The molecule has 1 saturated heterocycles. The van der Waals surface area contributed by atoms with E-state index >= 15 is 0 Å². The monoisotopic (exact) mass is 237 g/mol. The quantitative estimate of drug-likeness (QED) is 0.778. The van der Waals surface area contributed by atoms with E-state index < -0.39 is 0 Å². The number of hydrogen-bond acceptors (Lipinski definition) is 4. The summed E-state index contributed by atoms with van der Waals surface area (Å²) in [4.78, 5) is 13.5. The van der Waals surface area contributed by atoms with Crippen molar-refractivity contribution in [3.63, 3.8) is 0 Å². The number of hydrogen-bond donors (Lipinski definition) is 1. The molecule has 92 valence electrons. The molecular formula is C12H15NO4. The van der Waals surface area contributed by atoms with Crippen LogP contribution in [0.4, 0.5) is 0 Å². The summed E-state index contributed by atoms with van der Waals surface area (Å²) in [7, 11) is 0. The van der Waals surface area contributed by atoms with Crippen LogP contribution in [0.15, 0.2) is 28.9 Å². The van der Waals surface area contributed by atoms with Crippen molar-refractivity contribution in [2.45, 2.75) is 6.04 Å². The van der Waals surface area contributed by atoms with Crippen LogP contribution in [0.3, 0.4) is 0 Å². The van der Waals surface area contributed by atoms with E-state index in [1.54, 1.807) is 29.4 Å². The summed E-state index contributed by atoms with van der Waals surface area (Å²) in [5.41, 5.74) is 0. The molecule has 0 aliphatic carbocycles. The van der Waals surface area contributed by atoms with Gasteiger partial charge in [0.15, 0.2) is 0 Å². The number of aliphatic hydroxyl groups is 1. The third-order valence-electron chi connectivity index (χ3n) is 2.65. The minimum Gasteiger partial charge on any atom is -0.465 e. The maximum atomic E-state index is 11.9. The number of morpholine rings is 1. The maximum absolute atomic E-state index is 11.9. The van der Waals surface area contributed by atoms with Crippen LogP contribution >= 0.6 is 0 Å². The van der Waals surface area contributed by atoms with Gasteiger partial charge in [-0.05, 0) is 18.2 Å². The molecule has 1 fully saturated rings. The minimum atomic E-state index is -0.252. The molecule has 0 bridgehead atoms. The van der Waals surface area contributed by atoms with Crippen LogP contribution in [0.25, 0.3) is 6.08 Å². The molecule has 2 rings (SSSR count). The summed E-state index contributed by atoms with van der Waals surface area (Å²) in [6.07, 6.45) is 4.62. The zero-order chi connectivity index (χ0) is 12.1. The van der Waals surface area contributed by atoms with Crippen LogP contribution in [0.2, 0.25) is 0 Å². The van der Waals surface area contributed by atoms with E-state index in [-0.39, 0.29) is 18.6 Å². The Morgan fingerprint density at radius 2 is 2.53 bits per heavy atom. The summed E-state index contributed by atoms with van der Waals surface area (Å²) in [6.45, 7) is 1.32. The first-order valence-electron chi connectivity index (χ1n) is 5.52. The highest BCUT2D eigenvalue weighted by molar-refractivity contribution is 5.91. The Morgan fingerprint density at radius 3 is 3.24 bits per heavy atom. The Hall–Kier alpha value is -1.59. The van der Waals surface area contributed by atoms with Crippen molar-refractivity contribution >= 4 is 12.0 Å². The Balaban J connectivity index is 1.98. The molecule has 0 saturated carbocycles. The summed E-state index contributed by atoms with van der Waals surface area (Å²) < 4.78 is 10.3. The molecule has 1 aromatic rings. The van der Waals surface area contributed by atoms with Crippen molar-refractivity contribution in [1.29, 1.82) is 0 Å². The number of amides is 1. The number of aliphatic hydroxyl groups excluding tert-OH is 1. The van der Waals surface area contributed by atoms with Crippen molar-refractivity contribution in [3.8, 4) is 0 Å². The second-order valence-electron chi connectivity index (χ2n) is 3.79. The van der Waals surface area contributed by atoms with Gasteiger partial charge >= 0.3 is 0 Å². The van der Waals surface area contributed by atoms with Gasteiger partial charge in [-0.1, -0.05) is 0 Å². The molecule has 0 radical (unpaired) electrons. The van der Waals surface area contributed by atoms with Crippen molar-refractivity contribution < 1.29 is 19.1 Å². The van der Waals surface area contributed by atoms with Crippen molar-refractivity contribution in [1.82, 2.24) is 4.90 Å². The van der Waals surface area contributed by atoms with Crippen LogP contribution in [-0.4, -0.2) is 48.3 Å². The SMILES string of the molecule is O=C(/C=C/c1ccco1)N1CCOCC1CO. The molecule has 1 aromatic heterocycles. The summed E-state index contributed by atoms with van der Waals surface area (Å²) in [5, 5.41) is 9.15. The lowest BCUT2D eigenvalue weighted by Crippen LogP contribution is -2.49. The van der Waals surface area contributed by atoms with Crippen LogP contribution in [0.1, 0.15) is 5.76 Å². The molecule has 5 heteroatoms. The van der Waals surface area contributed by atoms with E-state index in [4.69, 9.17) is 14.3 Å². The zero-order valence-electron chi connectivity index (χ0n) is 9.41. The van der Waals surface area contributed by atoms with Gasteiger partial charge in [-0.2, -0.15) is 0 Å². The van der Waals surface area contributed by atoms with Crippen LogP contribution in [-0.2, 0) is 9.53 Å². The highest BCUT2D eigenvalue weighted by atomic mass is 16.5. The lowest BCUT2D eigenvalue weighted by Gasteiger charge is -2.33. The number of carbonyl (C=O) groups excluding carboxylic acids is 1. The third kappa shape index (κ3) is 2.95. The summed E-state index contributed by atoms with van der Waals surface area (Å²) >= 11 is 0. The average molecular weight is 237 g/mol. The smallest absolute Gasteiger partial charge is 0.247 e. The largest absolute Gasteiger partial charge is 0.465 e. The predicted molar refractivity (Wildman–Crippen MR) is 61.1 cm³/mol. The number of ether oxygens (including phenoxy) is 1. The van der Waals surface area contributed by atoms with Gasteiger partial charge in [0.1, 0.15) is 5.76 Å². The Kier molecular flexibility index (Phi) is 3.95. The van der Waals surface area contributed by atoms with Crippen LogP contribution in [0, 0.1) is 0 Å². The molecule has 1 aliphatic heterocycles. The Labute approximate surface area is 99.3 Å². The Morgan fingerprint density at radius 1 is 1.65 bits per heavy atom. The van der Waals surface area contributed by atoms with E-state index in [9.17, 15) is 4.79 Å². The fourth-order valence-corrected chi connectivity index (χ4v) is 1.73.